The van der Waals surface area contributed by atoms with Gasteiger partial charge in [-0.1, -0.05) is 41.5 Å². The van der Waals surface area contributed by atoms with E-state index in [0.717, 1.165) is 5.92 Å². The molecular weight excluding hydrogens is 212 g/mol. The predicted molar refractivity (Wildman–Crippen MR) is 71.9 cm³/mol. The van der Waals surface area contributed by atoms with Crippen molar-refractivity contribution >= 4 is 12.6 Å². The zero-order chi connectivity index (χ0) is 11.3. The second-order valence-corrected chi connectivity index (χ2v) is 5.90. The molecule has 0 radical (unpaired) electrons. The Kier molecular flexibility index (Phi) is 2.39. The molecule has 1 aromatic rings. The third-order valence-corrected chi connectivity index (χ3v) is 5.13. The molecule has 2 aliphatic carbocycles. The van der Waals surface area contributed by atoms with Gasteiger partial charge in [-0.3, -0.25) is 0 Å². The molecule has 0 spiro atoms. The lowest BCUT2D eigenvalue weighted by atomic mass is 9.86. The van der Waals surface area contributed by atoms with E-state index in [1.54, 1.807) is 11.1 Å². The van der Waals surface area contributed by atoms with E-state index >= 15 is 0 Å². The van der Waals surface area contributed by atoms with Crippen LogP contribution in [0.2, 0.25) is 0 Å². The molecule has 2 aliphatic rings. The fourth-order valence-electron chi connectivity index (χ4n) is 3.72. The number of hydrogen-bond acceptors (Lipinski definition) is 1. The highest BCUT2D eigenvalue weighted by Gasteiger charge is 2.49. The van der Waals surface area contributed by atoms with E-state index in [4.69, 9.17) is 12.6 Å². The highest BCUT2D eigenvalue weighted by Crippen LogP contribution is 2.58. The van der Waals surface area contributed by atoms with Crippen molar-refractivity contribution in [3.63, 3.8) is 0 Å². The lowest BCUT2D eigenvalue weighted by Gasteiger charge is -2.20. The van der Waals surface area contributed by atoms with Crippen molar-refractivity contribution in [3.05, 3.63) is 47.0 Å². The molecule has 1 saturated carbocycles. The van der Waals surface area contributed by atoms with Crippen molar-refractivity contribution in [1.82, 2.24) is 0 Å². The highest BCUT2D eigenvalue weighted by atomic mass is 32.1. The van der Waals surface area contributed by atoms with Gasteiger partial charge < -0.3 is 0 Å². The summed E-state index contributed by atoms with van der Waals surface area (Å²) in [4.78, 5) is 0. The third-order valence-electron chi connectivity index (χ3n) is 4.59. The Morgan fingerprint density at radius 1 is 1.00 bits per heavy atom. The van der Waals surface area contributed by atoms with E-state index in [1.807, 2.05) is 0 Å². The number of hydrogen-bond donors (Lipinski definition) is 1. The predicted octanol–water partition coefficient (Wildman–Crippen LogP) is 4.05. The molecule has 4 atom stereocenters. The van der Waals surface area contributed by atoms with E-state index in [1.165, 1.54) is 12.0 Å². The van der Waals surface area contributed by atoms with Crippen LogP contribution in [-0.2, 0) is 0 Å². The van der Waals surface area contributed by atoms with Crippen LogP contribution in [-0.4, -0.2) is 5.25 Å². The Bertz CT molecular complexity index is 432. The summed E-state index contributed by atoms with van der Waals surface area (Å²) in [5, 5.41) is 0.568. The maximum atomic E-state index is 4.77. The maximum Gasteiger partial charge on any atom is 0.00942 e. The fourth-order valence-corrected chi connectivity index (χ4v) is 4.35. The molecule has 0 amide bonds. The van der Waals surface area contributed by atoms with E-state index < -0.39 is 0 Å². The zero-order valence-corrected chi connectivity index (χ0v) is 10.7. The largest absolute Gasteiger partial charge is 0.175 e. The van der Waals surface area contributed by atoms with Crippen molar-refractivity contribution in [2.75, 3.05) is 0 Å². The van der Waals surface area contributed by atoms with Crippen molar-refractivity contribution in [1.29, 1.82) is 0 Å². The molecule has 1 fully saturated rings. The molecule has 16 heavy (non-hydrogen) atoms. The molecule has 1 aromatic carbocycles. The van der Waals surface area contributed by atoms with Gasteiger partial charge in [0.05, 0.1) is 0 Å². The van der Waals surface area contributed by atoms with Gasteiger partial charge in [0, 0.05) is 5.25 Å². The highest BCUT2D eigenvalue weighted by molar-refractivity contribution is 7.81. The molecule has 0 N–H and O–H groups in total. The van der Waals surface area contributed by atoms with Crippen molar-refractivity contribution in [2.45, 2.75) is 31.4 Å². The minimum Gasteiger partial charge on any atom is -0.175 e. The quantitative estimate of drug-likeness (QED) is 0.546. The molecule has 2 bridgehead atoms. The Hall–Kier alpha value is -0.690. The minimum atomic E-state index is 0.568. The van der Waals surface area contributed by atoms with Crippen LogP contribution in [0.15, 0.2) is 41.5 Å². The summed E-state index contributed by atoms with van der Waals surface area (Å²) >= 11 is 4.77. The summed E-state index contributed by atoms with van der Waals surface area (Å²) in [5.41, 5.74) is 4.74. The van der Waals surface area contributed by atoms with Crippen molar-refractivity contribution < 1.29 is 0 Å². The number of rotatable bonds is 1. The lowest BCUT2D eigenvalue weighted by molar-refractivity contribution is 0.550. The van der Waals surface area contributed by atoms with Gasteiger partial charge in [0.15, 0.2) is 0 Å². The van der Waals surface area contributed by atoms with Gasteiger partial charge in [0.25, 0.3) is 0 Å². The zero-order valence-electron chi connectivity index (χ0n) is 9.85. The minimum absolute atomic E-state index is 0.568. The smallest absolute Gasteiger partial charge is 0.00942 e. The first-order valence-corrected chi connectivity index (χ1v) is 6.62. The number of allylic oxidation sites excluding steroid dienone is 2. The molecule has 1 heteroatoms. The van der Waals surface area contributed by atoms with Gasteiger partial charge in [-0.15, -0.1) is 0 Å². The maximum absolute atomic E-state index is 4.77. The van der Waals surface area contributed by atoms with E-state index in [0.29, 0.717) is 17.1 Å². The monoisotopic (exact) mass is 230 g/mol. The first kappa shape index (κ1) is 10.5. The first-order valence-electron chi connectivity index (χ1n) is 6.10. The van der Waals surface area contributed by atoms with Crippen molar-refractivity contribution in [2.24, 2.45) is 11.8 Å². The van der Waals surface area contributed by atoms with Gasteiger partial charge >= 0.3 is 0 Å². The van der Waals surface area contributed by atoms with Crippen LogP contribution in [0.5, 0.6) is 0 Å². The molecular formula is C15H18S. The Morgan fingerprint density at radius 3 is 2.31 bits per heavy atom. The second kappa shape index (κ2) is 3.66. The average Bonchev–Trinajstić information content (AvgIpc) is 2.75. The van der Waals surface area contributed by atoms with Crippen LogP contribution in [0.1, 0.15) is 31.7 Å². The van der Waals surface area contributed by atoms with E-state index in [2.05, 4.69) is 44.2 Å². The summed E-state index contributed by atoms with van der Waals surface area (Å²) in [6.07, 6.45) is 1.26. The summed E-state index contributed by atoms with van der Waals surface area (Å²) in [6.45, 7) is 4.62. The summed E-state index contributed by atoms with van der Waals surface area (Å²) in [7, 11) is 0. The van der Waals surface area contributed by atoms with E-state index in [-0.39, 0.29) is 0 Å². The summed E-state index contributed by atoms with van der Waals surface area (Å²) in [6, 6.07) is 11.0. The lowest BCUT2D eigenvalue weighted by Crippen LogP contribution is -2.13. The van der Waals surface area contributed by atoms with Gasteiger partial charge in [-0.25, -0.2) is 0 Å². The fraction of sp³-hybridized carbons (Fsp3) is 0.467. The Morgan fingerprint density at radius 2 is 1.69 bits per heavy atom. The topological polar surface area (TPSA) is 0 Å². The number of thiol groups is 1. The van der Waals surface area contributed by atoms with Crippen LogP contribution in [0.3, 0.4) is 0 Å². The van der Waals surface area contributed by atoms with Crippen LogP contribution in [0.4, 0.5) is 0 Å². The standard InChI is InChI=1S/C15H18S/c1-9-10(2)14-13(16)8-12(9)15(14)11-6-4-3-5-7-11/h3-7,12-16H,8H2,1-2H3. The summed E-state index contributed by atoms with van der Waals surface area (Å²) in [5.74, 6) is 2.12. The van der Waals surface area contributed by atoms with Crippen LogP contribution in [0, 0.1) is 11.8 Å². The van der Waals surface area contributed by atoms with Gasteiger partial charge in [-0.2, -0.15) is 12.6 Å². The number of benzene rings is 1. The molecule has 0 aliphatic heterocycles. The molecule has 3 rings (SSSR count). The second-order valence-electron chi connectivity index (χ2n) is 5.24. The average molecular weight is 230 g/mol. The van der Waals surface area contributed by atoms with Gasteiger partial charge in [0.2, 0.25) is 0 Å². The van der Waals surface area contributed by atoms with Crippen LogP contribution in [0.25, 0.3) is 0 Å². The van der Waals surface area contributed by atoms with Gasteiger partial charge in [-0.05, 0) is 43.6 Å². The molecule has 0 saturated heterocycles. The number of fused-ring (bicyclic) bond motifs is 2. The van der Waals surface area contributed by atoms with Crippen LogP contribution >= 0.6 is 12.6 Å². The molecule has 0 nitrogen and oxygen atoms in total. The first-order chi connectivity index (χ1) is 7.70. The molecule has 4 unspecified atom stereocenters. The SMILES string of the molecule is CC1=C(C)C2C(S)CC1C2c1ccccc1. The van der Waals surface area contributed by atoms with Crippen molar-refractivity contribution in [3.8, 4) is 0 Å². The molecule has 0 aromatic heterocycles. The van der Waals surface area contributed by atoms with Gasteiger partial charge in [0.1, 0.15) is 0 Å². The molecule has 84 valence electrons. The Balaban J connectivity index is 2.02. The van der Waals surface area contributed by atoms with E-state index in [9.17, 15) is 0 Å². The summed E-state index contributed by atoms with van der Waals surface area (Å²) < 4.78 is 0. The molecule has 0 heterocycles. The third kappa shape index (κ3) is 1.31. The van der Waals surface area contributed by atoms with Crippen LogP contribution < -0.4 is 0 Å². The normalized spacial score (nSPS) is 37.2. The Labute approximate surface area is 103 Å².